The largest absolute Gasteiger partial charge is 0.507 e. The Labute approximate surface area is 359 Å². The van der Waals surface area contributed by atoms with Crippen molar-refractivity contribution in [1.82, 2.24) is 34.9 Å². The number of morpholine rings is 1. The number of aryl methyl sites for hydroxylation is 1. The zero-order valence-electron chi connectivity index (χ0n) is 35.2. The summed E-state index contributed by atoms with van der Waals surface area (Å²) in [6, 6.07) is 18.1. The predicted molar refractivity (Wildman–Crippen MR) is 234 cm³/mol. The van der Waals surface area contributed by atoms with Gasteiger partial charge in [-0.15, -0.1) is 10.2 Å². The molecule has 15 nitrogen and oxygen atoms in total. The molecule has 9 rings (SSSR count). The Hall–Kier alpha value is -6.13. The van der Waals surface area contributed by atoms with Gasteiger partial charge in [-0.3, -0.25) is 19.8 Å². The van der Waals surface area contributed by atoms with Gasteiger partial charge < -0.3 is 34.8 Å². The molecule has 4 aliphatic rings. The molecular weight excluding hydrogens is 792 g/mol. The number of phenols is 1. The van der Waals surface area contributed by atoms with Crippen LogP contribution in [-0.2, 0) is 9.53 Å². The third-order valence-corrected chi connectivity index (χ3v) is 13.0. The van der Waals surface area contributed by atoms with E-state index in [1.165, 1.54) is 0 Å². The van der Waals surface area contributed by atoms with Gasteiger partial charge in [0, 0.05) is 93.8 Å². The molecule has 0 saturated carbocycles. The number of carbonyl (C=O) groups is 3. The lowest BCUT2D eigenvalue weighted by molar-refractivity contribution is -0.120. The molecule has 3 aromatic heterocycles. The number of pyridine rings is 1. The van der Waals surface area contributed by atoms with E-state index < -0.39 is 11.7 Å². The number of nitrogens with zero attached hydrogens (tertiary/aromatic N) is 8. The number of imide groups is 1. The molecular formula is C46H53FN10O5. The fourth-order valence-corrected chi connectivity index (χ4v) is 9.58. The van der Waals surface area contributed by atoms with Crippen LogP contribution in [0.3, 0.4) is 0 Å². The number of amides is 4. The maximum Gasteiger partial charge on any atom is 0.328 e. The van der Waals surface area contributed by atoms with Gasteiger partial charge in [-0.05, 0) is 87.2 Å². The molecule has 4 saturated heterocycles. The van der Waals surface area contributed by atoms with E-state index in [9.17, 15) is 19.5 Å². The molecule has 7 heterocycles. The second-order valence-corrected chi connectivity index (χ2v) is 17.3. The highest BCUT2D eigenvalue weighted by atomic mass is 19.1. The van der Waals surface area contributed by atoms with Crippen LogP contribution in [0.25, 0.3) is 22.3 Å². The third-order valence-electron chi connectivity index (χ3n) is 13.0. The molecule has 0 aliphatic carbocycles. The molecule has 3 atom stereocenters. The van der Waals surface area contributed by atoms with Gasteiger partial charge in [-0.2, -0.15) is 0 Å². The molecule has 0 radical (unpaired) electrons. The Balaban J connectivity index is 0.786. The van der Waals surface area contributed by atoms with Crippen LogP contribution in [0.1, 0.15) is 79.1 Å². The first-order valence-corrected chi connectivity index (χ1v) is 21.6. The summed E-state index contributed by atoms with van der Waals surface area (Å²) in [6.07, 6.45) is 6.98. The van der Waals surface area contributed by atoms with Crippen molar-refractivity contribution >= 4 is 46.1 Å². The van der Waals surface area contributed by atoms with Crippen LogP contribution in [0.2, 0.25) is 0 Å². The van der Waals surface area contributed by atoms with Gasteiger partial charge in [0.25, 0.3) is 5.91 Å². The van der Waals surface area contributed by atoms with Crippen LogP contribution in [0.4, 0.5) is 26.4 Å². The number of alkyl halides is 1. The number of para-hydroxylation sites is 1. The lowest BCUT2D eigenvalue weighted by Crippen LogP contribution is -2.50. The summed E-state index contributed by atoms with van der Waals surface area (Å²) < 4.78 is 25.1. The van der Waals surface area contributed by atoms with Crippen molar-refractivity contribution in [3.8, 4) is 17.0 Å². The third kappa shape index (κ3) is 8.40. The van der Waals surface area contributed by atoms with E-state index in [1.807, 2.05) is 56.3 Å². The lowest BCUT2D eigenvalue weighted by atomic mass is 9.92. The molecule has 62 heavy (non-hydrogen) atoms. The van der Waals surface area contributed by atoms with E-state index in [1.54, 1.807) is 34.2 Å². The lowest BCUT2D eigenvalue weighted by Gasteiger charge is -2.39. The maximum absolute atomic E-state index is 16.5. The minimum atomic E-state index is -1.38. The van der Waals surface area contributed by atoms with Gasteiger partial charge in [0.15, 0.2) is 5.82 Å². The molecule has 324 valence electrons. The molecule has 1 unspecified atom stereocenters. The number of fused-ring (bicyclic) bond motifs is 1. The van der Waals surface area contributed by atoms with Crippen LogP contribution in [0.5, 0.6) is 5.75 Å². The summed E-state index contributed by atoms with van der Waals surface area (Å²) in [5.41, 5.74) is 10.8. The van der Waals surface area contributed by atoms with Crippen molar-refractivity contribution in [2.75, 3.05) is 67.9 Å². The van der Waals surface area contributed by atoms with E-state index in [0.717, 1.165) is 54.5 Å². The first kappa shape index (κ1) is 41.2. The van der Waals surface area contributed by atoms with Gasteiger partial charge in [-0.25, -0.2) is 14.2 Å². The highest BCUT2D eigenvalue weighted by Crippen LogP contribution is 2.37. The molecule has 4 amide bonds. The van der Waals surface area contributed by atoms with E-state index in [4.69, 9.17) is 15.5 Å². The number of piperidine rings is 1. The Kier molecular flexibility index (Phi) is 11.3. The summed E-state index contributed by atoms with van der Waals surface area (Å²) in [5, 5.41) is 22.2. The number of benzene rings is 2. The summed E-state index contributed by atoms with van der Waals surface area (Å²) in [7, 11) is 0. The molecule has 16 heteroatoms. The maximum atomic E-state index is 16.5. The number of rotatable bonds is 8. The molecule has 0 bridgehead atoms. The fraction of sp³-hybridized carbons (Fsp3) is 0.435. The van der Waals surface area contributed by atoms with Gasteiger partial charge in [0.1, 0.15) is 23.2 Å². The number of halogens is 1. The van der Waals surface area contributed by atoms with E-state index in [-0.39, 0.29) is 60.9 Å². The normalized spacial score (nSPS) is 22.4. The number of hydrogen-bond acceptors (Lipinski definition) is 11. The number of nitrogen functional groups attached to an aromatic ring is 1. The number of nitrogens with one attached hydrogen (secondary N) is 1. The number of phenolic OH excluding ortho intramolecular Hbond substituents is 1. The molecule has 0 spiro atoms. The topological polar surface area (TPSA) is 175 Å². The number of aromatic hydroxyl groups is 1. The number of anilines is 3. The fourth-order valence-electron chi connectivity index (χ4n) is 9.58. The molecule has 5 aromatic rings. The van der Waals surface area contributed by atoms with Crippen LogP contribution >= 0.6 is 0 Å². The zero-order valence-corrected chi connectivity index (χ0v) is 35.2. The van der Waals surface area contributed by atoms with Gasteiger partial charge in [-0.1, -0.05) is 24.3 Å². The van der Waals surface area contributed by atoms with Crippen LogP contribution < -0.4 is 20.9 Å². The number of urea groups is 1. The zero-order chi connectivity index (χ0) is 43.1. The second-order valence-electron chi connectivity index (χ2n) is 17.3. The summed E-state index contributed by atoms with van der Waals surface area (Å²) >= 11 is 0. The monoisotopic (exact) mass is 844 g/mol. The van der Waals surface area contributed by atoms with Gasteiger partial charge >= 0.3 is 6.03 Å². The van der Waals surface area contributed by atoms with Crippen molar-refractivity contribution in [2.24, 2.45) is 0 Å². The average molecular weight is 845 g/mol. The highest BCUT2D eigenvalue weighted by Gasteiger charge is 2.38. The number of hydrogen-bond donors (Lipinski definition) is 3. The Morgan fingerprint density at radius 3 is 2.56 bits per heavy atom. The molecule has 4 fully saturated rings. The summed E-state index contributed by atoms with van der Waals surface area (Å²) in [5.74, 6) is 0.0231. The van der Waals surface area contributed by atoms with Crippen molar-refractivity contribution < 1.29 is 28.6 Å². The van der Waals surface area contributed by atoms with Crippen molar-refractivity contribution in [2.45, 2.75) is 76.3 Å². The highest BCUT2D eigenvalue weighted by molar-refractivity contribution is 6.06. The minimum Gasteiger partial charge on any atom is -0.507 e. The number of likely N-dealkylation sites (tertiary alicyclic amines) is 2. The van der Waals surface area contributed by atoms with E-state index in [0.29, 0.717) is 67.5 Å². The minimum absolute atomic E-state index is 0.104. The number of ether oxygens (including phenoxy) is 1. The van der Waals surface area contributed by atoms with Gasteiger partial charge in [0.2, 0.25) is 5.91 Å². The summed E-state index contributed by atoms with van der Waals surface area (Å²) in [6.45, 7) is 8.08. The Morgan fingerprint density at radius 2 is 1.79 bits per heavy atom. The van der Waals surface area contributed by atoms with Crippen molar-refractivity contribution in [3.05, 3.63) is 89.7 Å². The standard InChI is InChI=1S/C46H53FN10O5/c1-29-25-57(43-36(29)22-34(24-49-43)56-19-14-41(59)50-45(56)61)33-6-5-17-53(18-13-33)28-46(47)15-20-54(21-16-46)44(60)32-11-9-31(10-12-32)40-27-55(26-30(2)62-40)38-23-37(51-52-42(38)48)35-7-3-4-8-39(35)58/h3-4,7-12,22-25,30,33,40,58H,5-6,13-21,26-28H2,1-2H3,(H2,48,52)(H,50,59,61)/t30-,33?,40-/m0/s1. The smallest absolute Gasteiger partial charge is 0.328 e. The summed E-state index contributed by atoms with van der Waals surface area (Å²) in [4.78, 5) is 50.3. The second kappa shape index (κ2) is 17.0. The SMILES string of the molecule is Cc1cn(C2CCCN(CC3(F)CCN(C(=O)c4ccc([C@@H]5CN(c6cc(-c7ccccc7O)nnc6N)C[C@H](C)O5)cc4)CC3)CC2)c2ncc(N3CCC(=O)NC3=O)cc12. The molecule has 4 N–H and O–H groups in total. The predicted octanol–water partition coefficient (Wildman–Crippen LogP) is 6.17. The van der Waals surface area contributed by atoms with Crippen LogP contribution in [0, 0.1) is 6.92 Å². The molecule has 4 aliphatic heterocycles. The van der Waals surface area contributed by atoms with Crippen molar-refractivity contribution in [3.63, 3.8) is 0 Å². The Bertz CT molecular complexity index is 2490. The van der Waals surface area contributed by atoms with Crippen molar-refractivity contribution in [1.29, 1.82) is 0 Å². The number of carbonyl (C=O) groups excluding carboxylic acids is 3. The molecule has 2 aromatic carbocycles. The first-order chi connectivity index (χ1) is 29.9. The van der Waals surface area contributed by atoms with Gasteiger partial charge in [0.05, 0.1) is 29.4 Å². The average Bonchev–Trinajstić information content (AvgIpc) is 3.42. The van der Waals surface area contributed by atoms with E-state index >= 15 is 4.39 Å². The number of aromatic nitrogens is 4. The van der Waals surface area contributed by atoms with E-state index in [2.05, 4.69) is 36.1 Å². The quantitative estimate of drug-likeness (QED) is 0.163. The van der Waals surface area contributed by atoms with Crippen LogP contribution in [-0.4, -0.2) is 117 Å². The number of nitrogens with two attached hydrogens (primary N) is 1. The Morgan fingerprint density at radius 1 is 1.00 bits per heavy atom. The first-order valence-electron chi connectivity index (χ1n) is 21.6. The van der Waals surface area contributed by atoms with Crippen LogP contribution in [0.15, 0.2) is 73.1 Å².